The highest BCUT2D eigenvalue weighted by Gasteiger charge is 2.29. The molecule has 1 aliphatic heterocycles. The molecule has 0 aliphatic carbocycles. The van der Waals surface area contributed by atoms with Gasteiger partial charge in [0.1, 0.15) is 11.7 Å². The lowest BCUT2D eigenvalue weighted by Gasteiger charge is -2.32. The number of ether oxygens (including phenoxy) is 2. The largest absolute Gasteiger partial charge is 0.465 e. The molecule has 0 saturated carbocycles. The molecular weight excluding hydrogens is 444 g/mol. The van der Waals surface area contributed by atoms with E-state index in [1.54, 1.807) is 23.7 Å². The summed E-state index contributed by atoms with van der Waals surface area (Å²) in [4.78, 5) is 25.5. The molecule has 0 amide bonds. The van der Waals surface area contributed by atoms with Crippen molar-refractivity contribution >= 4 is 40.7 Å². The lowest BCUT2D eigenvalue weighted by molar-refractivity contribution is -0.150. The van der Waals surface area contributed by atoms with Crippen molar-refractivity contribution in [3.8, 4) is 11.5 Å². The number of rotatable bonds is 8. The molecule has 1 atom stereocenters. The van der Waals surface area contributed by atoms with Gasteiger partial charge in [0.05, 0.1) is 30.9 Å². The summed E-state index contributed by atoms with van der Waals surface area (Å²) in [7, 11) is 0. The number of benzene rings is 1. The van der Waals surface area contributed by atoms with Crippen LogP contribution in [0.3, 0.4) is 0 Å². The molecule has 1 aliphatic rings. The number of hydrogen-bond donors (Lipinski definition) is 0. The van der Waals surface area contributed by atoms with E-state index in [1.165, 1.54) is 0 Å². The Balaban J connectivity index is 1.60. The van der Waals surface area contributed by atoms with E-state index in [0.29, 0.717) is 25.6 Å². The highest BCUT2D eigenvalue weighted by atomic mass is 32.2. The van der Waals surface area contributed by atoms with Crippen LogP contribution in [0.5, 0.6) is 0 Å². The standard InChI is InChI=1S/C23H28N4O3S2/c1-4-30-23(28)19(26-11-13-29-14-12-26)15-32-20-9-10-24-21(16(20)2)22-25-17-7-5-6-8-18(17)27(22)31-3/h5-10,19H,4,11-15H2,1-3H3. The van der Waals surface area contributed by atoms with Crippen LogP contribution in [0, 0.1) is 6.92 Å². The summed E-state index contributed by atoms with van der Waals surface area (Å²) in [5.41, 5.74) is 3.95. The van der Waals surface area contributed by atoms with Gasteiger partial charge in [0.15, 0.2) is 5.82 Å². The van der Waals surface area contributed by atoms with Crippen molar-refractivity contribution in [2.75, 3.05) is 44.9 Å². The number of carbonyl (C=O) groups is 1. The van der Waals surface area contributed by atoms with Crippen molar-refractivity contribution in [2.24, 2.45) is 0 Å². The molecular formula is C23H28N4O3S2. The van der Waals surface area contributed by atoms with Crippen LogP contribution in [0.25, 0.3) is 22.6 Å². The summed E-state index contributed by atoms with van der Waals surface area (Å²) < 4.78 is 13.0. The molecule has 0 spiro atoms. The zero-order chi connectivity index (χ0) is 22.5. The third-order valence-electron chi connectivity index (χ3n) is 5.51. The van der Waals surface area contributed by atoms with E-state index >= 15 is 0 Å². The number of fused-ring (bicyclic) bond motifs is 1. The van der Waals surface area contributed by atoms with E-state index in [1.807, 2.05) is 43.6 Å². The Hall–Kier alpha value is -2.07. The Morgan fingerprint density at radius 3 is 2.78 bits per heavy atom. The molecule has 1 saturated heterocycles. The normalized spacial score (nSPS) is 15.7. The van der Waals surface area contributed by atoms with Gasteiger partial charge < -0.3 is 9.47 Å². The quantitative estimate of drug-likeness (QED) is 0.361. The number of carbonyl (C=O) groups excluding carboxylic acids is 1. The molecule has 0 radical (unpaired) electrons. The van der Waals surface area contributed by atoms with Crippen LogP contribution in [-0.4, -0.2) is 75.8 Å². The first kappa shape index (κ1) is 23.1. The Morgan fingerprint density at radius 1 is 1.25 bits per heavy atom. The highest BCUT2D eigenvalue weighted by Crippen LogP contribution is 2.33. The number of nitrogens with zero attached hydrogens (tertiary/aromatic N) is 4. The molecule has 2 aromatic heterocycles. The maximum Gasteiger partial charge on any atom is 0.324 e. The molecule has 1 unspecified atom stereocenters. The van der Waals surface area contributed by atoms with Crippen LogP contribution in [-0.2, 0) is 14.3 Å². The van der Waals surface area contributed by atoms with Crippen LogP contribution in [0.4, 0.5) is 0 Å². The van der Waals surface area contributed by atoms with Gasteiger partial charge in [0, 0.05) is 36.2 Å². The summed E-state index contributed by atoms with van der Waals surface area (Å²) >= 11 is 3.28. The Kier molecular flexibility index (Phi) is 7.72. The van der Waals surface area contributed by atoms with Crippen molar-refractivity contribution < 1.29 is 14.3 Å². The van der Waals surface area contributed by atoms with Gasteiger partial charge in [-0.3, -0.25) is 18.7 Å². The van der Waals surface area contributed by atoms with Gasteiger partial charge >= 0.3 is 5.97 Å². The van der Waals surface area contributed by atoms with Crippen molar-refractivity contribution in [2.45, 2.75) is 24.8 Å². The molecule has 3 aromatic rings. The number of hydrogen-bond acceptors (Lipinski definition) is 8. The molecule has 0 bridgehead atoms. The Morgan fingerprint density at radius 2 is 2.03 bits per heavy atom. The smallest absolute Gasteiger partial charge is 0.324 e. The fraction of sp³-hybridized carbons (Fsp3) is 0.435. The summed E-state index contributed by atoms with van der Waals surface area (Å²) in [6, 6.07) is 9.83. The molecule has 1 aromatic carbocycles. The van der Waals surface area contributed by atoms with E-state index in [-0.39, 0.29) is 12.0 Å². The van der Waals surface area contributed by atoms with Crippen LogP contribution >= 0.6 is 23.7 Å². The number of pyridine rings is 1. The lowest BCUT2D eigenvalue weighted by atomic mass is 10.2. The molecule has 1 fully saturated rings. The molecule has 9 heteroatoms. The SMILES string of the molecule is CCOC(=O)C(CSc1ccnc(-c2nc3ccccc3n2SC)c1C)N1CCOCC1. The maximum atomic E-state index is 12.7. The summed E-state index contributed by atoms with van der Waals surface area (Å²) in [6.45, 7) is 7.06. The third kappa shape index (κ3) is 4.80. The van der Waals surface area contributed by atoms with E-state index in [2.05, 4.69) is 26.8 Å². The Labute approximate surface area is 197 Å². The highest BCUT2D eigenvalue weighted by molar-refractivity contribution is 7.99. The van der Waals surface area contributed by atoms with Crippen molar-refractivity contribution in [1.29, 1.82) is 0 Å². The molecule has 170 valence electrons. The van der Waals surface area contributed by atoms with Crippen LogP contribution in [0.15, 0.2) is 41.4 Å². The molecule has 32 heavy (non-hydrogen) atoms. The Bertz CT molecular complexity index is 1080. The second-order valence-corrected chi connectivity index (χ2v) is 9.20. The predicted octanol–water partition coefficient (Wildman–Crippen LogP) is 3.89. The van der Waals surface area contributed by atoms with E-state index in [9.17, 15) is 4.79 Å². The minimum Gasteiger partial charge on any atom is -0.465 e. The van der Waals surface area contributed by atoms with Crippen LogP contribution < -0.4 is 0 Å². The van der Waals surface area contributed by atoms with Gasteiger partial charge in [0.2, 0.25) is 0 Å². The number of imidazole rings is 1. The molecule has 0 N–H and O–H groups in total. The van der Waals surface area contributed by atoms with Gasteiger partial charge in [0.25, 0.3) is 0 Å². The summed E-state index contributed by atoms with van der Waals surface area (Å²) in [6.07, 6.45) is 3.86. The molecule has 4 rings (SSSR count). The van der Waals surface area contributed by atoms with Crippen molar-refractivity contribution in [3.05, 3.63) is 42.1 Å². The van der Waals surface area contributed by atoms with E-state index < -0.39 is 0 Å². The first-order chi connectivity index (χ1) is 15.6. The molecule has 7 nitrogen and oxygen atoms in total. The van der Waals surface area contributed by atoms with Gasteiger partial charge in [-0.1, -0.05) is 12.1 Å². The van der Waals surface area contributed by atoms with Crippen molar-refractivity contribution in [1.82, 2.24) is 18.8 Å². The monoisotopic (exact) mass is 472 g/mol. The fourth-order valence-electron chi connectivity index (χ4n) is 3.86. The van der Waals surface area contributed by atoms with Gasteiger partial charge in [-0.2, -0.15) is 0 Å². The second-order valence-electron chi connectivity index (χ2n) is 7.41. The number of morpholine rings is 1. The van der Waals surface area contributed by atoms with Crippen LogP contribution in [0.1, 0.15) is 12.5 Å². The van der Waals surface area contributed by atoms with E-state index in [4.69, 9.17) is 14.5 Å². The zero-order valence-electron chi connectivity index (χ0n) is 18.6. The number of esters is 1. The number of aromatic nitrogens is 3. The summed E-state index contributed by atoms with van der Waals surface area (Å²) in [5, 5.41) is 0. The minimum atomic E-state index is -0.296. The predicted molar refractivity (Wildman–Crippen MR) is 130 cm³/mol. The minimum absolute atomic E-state index is 0.169. The fourth-order valence-corrected chi connectivity index (χ4v) is 5.66. The average Bonchev–Trinajstić information content (AvgIpc) is 3.19. The third-order valence-corrected chi connectivity index (χ3v) is 7.48. The second kappa shape index (κ2) is 10.7. The topological polar surface area (TPSA) is 69.5 Å². The number of para-hydroxylation sites is 2. The van der Waals surface area contributed by atoms with Gasteiger partial charge in [-0.05, 0) is 49.6 Å². The molecule has 3 heterocycles. The van der Waals surface area contributed by atoms with E-state index in [0.717, 1.165) is 46.1 Å². The number of thioether (sulfide) groups is 1. The zero-order valence-corrected chi connectivity index (χ0v) is 20.2. The first-order valence-electron chi connectivity index (χ1n) is 10.7. The maximum absolute atomic E-state index is 12.7. The van der Waals surface area contributed by atoms with Crippen molar-refractivity contribution in [3.63, 3.8) is 0 Å². The van der Waals surface area contributed by atoms with Gasteiger partial charge in [-0.25, -0.2) is 4.98 Å². The first-order valence-corrected chi connectivity index (χ1v) is 12.9. The lowest BCUT2D eigenvalue weighted by Crippen LogP contribution is -2.49. The average molecular weight is 473 g/mol. The summed E-state index contributed by atoms with van der Waals surface area (Å²) in [5.74, 6) is 1.29. The van der Waals surface area contributed by atoms with Crippen LogP contribution in [0.2, 0.25) is 0 Å². The van der Waals surface area contributed by atoms with Gasteiger partial charge in [-0.15, -0.1) is 11.8 Å².